The van der Waals surface area contributed by atoms with Gasteiger partial charge in [0.2, 0.25) is 5.91 Å². The maximum absolute atomic E-state index is 13.9. The minimum atomic E-state index is -1.29. The van der Waals surface area contributed by atoms with Gasteiger partial charge in [-0.15, -0.1) is 0 Å². The number of hydrogen-bond acceptors (Lipinski definition) is 2. The first-order valence-corrected chi connectivity index (χ1v) is 6.37. The van der Waals surface area contributed by atoms with E-state index in [0.29, 0.717) is 19.3 Å². The third-order valence-corrected chi connectivity index (χ3v) is 3.80. The number of benzene rings is 1. The molecule has 2 rings (SSSR count). The van der Waals surface area contributed by atoms with Crippen molar-refractivity contribution >= 4 is 11.9 Å². The minimum absolute atomic E-state index is 0.263. The number of carboxylic acids is 1. The molecule has 0 heterocycles. The predicted molar refractivity (Wildman–Crippen MR) is 67.1 cm³/mol. The summed E-state index contributed by atoms with van der Waals surface area (Å²) in [7, 11) is 0. The number of carbonyl (C=O) groups is 2. The molecule has 0 aliphatic heterocycles. The van der Waals surface area contributed by atoms with Crippen LogP contribution in [0.3, 0.4) is 0 Å². The lowest BCUT2D eigenvalue weighted by Crippen LogP contribution is -2.53. The highest BCUT2D eigenvalue weighted by Gasteiger charge is 2.49. The number of rotatable bonds is 4. The molecule has 2 N–H and O–H groups in total. The van der Waals surface area contributed by atoms with E-state index in [-0.39, 0.29) is 5.56 Å². The Kier molecular flexibility index (Phi) is 3.74. The van der Waals surface area contributed by atoms with Crippen molar-refractivity contribution in [1.29, 1.82) is 0 Å². The van der Waals surface area contributed by atoms with E-state index in [1.165, 1.54) is 13.0 Å². The molecule has 6 heteroatoms. The van der Waals surface area contributed by atoms with Crippen molar-refractivity contribution in [2.24, 2.45) is 0 Å². The highest BCUT2D eigenvalue weighted by Crippen LogP contribution is 2.46. The van der Waals surface area contributed by atoms with Gasteiger partial charge in [-0.3, -0.25) is 9.59 Å². The second-order valence-corrected chi connectivity index (χ2v) is 5.07. The summed E-state index contributed by atoms with van der Waals surface area (Å²) in [6.07, 6.45) is 1.29. The van der Waals surface area contributed by atoms with E-state index in [4.69, 9.17) is 5.11 Å². The van der Waals surface area contributed by atoms with Gasteiger partial charge < -0.3 is 10.4 Å². The number of carbonyl (C=O) groups excluding carboxylic acids is 1. The molecule has 108 valence electrons. The van der Waals surface area contributed by atoms with E-state index in [9.17, 15) is 18.4 Å². The van der Waals surface area contributed by atoms with Crippen molar-refractivity contribution in [2.75, 3.05) is 0 Å². The molecule has 1 atom stereocenters. The van der Waals surface area contributed by atoms with Crippen LogP contribution in [-0.2, 0) is 15.0 Å². The zero-order valence-corrected chi connectivity index (χ0v) is 11.0. The molecule has 0 radical (unpaired) electrons. The molecule has 1 aromatic carbocycles. The lowest BCUT2D eigenvalue weighted by atomic mass is 9.63. The molecule has 0 aromatic heterocycles. The Morgan fingerprint density at radius 1 is 1.30 bits per heavy atom. The van der Waals surface area contributed by atoms with Gasteiger partial charge in [0, 0.05) is 5.56 Å². The number of aliphatic carboxylic acids is 1. The van der Waals surface area contributed by atoms with Crippen molar-refractivity contribution in [3.05, 3.63) is 35.4 Å². The Hall–Kier alpha value is -1.98. The Morgan fingerprint density at radius 2 is 1.85 bits per heavy atom. The van der Waals surface area contributed by atoms with Gasteiger partial charge in [-0.25, -0.2) is 8.78 Å². The van der Waals surface area contributed by atoms with Crippen LogP contribution in [0.5, 0.6) is 0 Å². The molecular weight excluding hydrogens is 268 g/mol. The molecule has 1 saturated carbocycles. The molecule has 4 nitrogen and oxygen atoms in total. The fraction of sp³-hybridized carbons (Fsp3) is 0.429. The topological polar surface area (TPSA) is 66.4 Å². The molecule has 0 spiro atoms. The quantitative estimate of drug-likeness (QED) is 0.888. The summed E-state index contributed by atoms with van der Waals surface area (Å²) in [5.74, 6) is -3.38. The molecule has 1 amide bonds. The average molecular weight is 283 g/mol. The Balaban J connectivity index is 2.35. The first-order chi connectivity index (χ1) is 9.38. The van der Waals surface area contributed by atoms with E-state index in [2.05, 4.69) is 5.32 Å². The molecule has 1 aliphatic carbocycles. The lowest BCUT2D eigenvalue weighted by Gasteiger charge is -2.41. The van der Waals surface area contributed by atoms with E-state index < -0.39 is 35.0 Å². The van der Waals surface area contributed by atoms with Crippen molar-refractivity contribution in [3.63, 3.8) is 0 Å². The second-order valence-electron chi connectivity index (χ2n) is 5.07. The lowest BCUT2D eigenvalue weighted by molar-refractivity contribution is -0.143. The monoisotopic (exact) mass is 283 g/mol. The van der Waals surface area contributed by atoms with E-state index in [0.717, 1.165) is 12.1 Å². The fourth-order valence-electron chi connectivity index (χ4n) is 2.47. The van der Waals surface area contributed by atoms with Crippen molar-refractivity contribution < 1.29 is 23.5 Å². The first-order valence-electron chi connectivity index (χ1n) is 6.37. The number of halogens is 2. The Labute approximate surface area is 114 Å². The molecule has 0 saturated heterocycles. The van der Waals surface area contributed by atoms with Crippen molar-refractivity contribution in [1.82, 2.24) is 5.32 Å². The summed E-state index contributed by atoms with van der Waals surface area (Å²) in [5.41, 5.74) is -1.56. The summed E-state index contributed by atoms with van der Waals surface area (Å²) in [5, 5.41) is 11.1. The van der Waals surface area contributed by atoms with E-state index >= 15 is 0 Å². The van der Waals surface area contributed by atoms with Crippen LogP contribution >= 0.6 is 0 Å². The van der Waals surface area contributed by atoms with Crippen molar-refractivity contribution in [2.45, 2.75) is 37.6 Å². The fourth-order valence-corrected chi connectivity index (χ4v) is 2.47. The van der Waals surface area contributed by atoms with Crippen molar-refractivity contribution in [3.8, 4) is 0 Å². The zero-order chi connectivity index (χ0) is 14.9. The minimum Gasteiger partial charge on any atom is -0.480 e. The van der Waals surface area contributed by atoms with Gasteiger partial charge in [0.15, 0.2) is 0 Å². The highest BCUT2D eigenvalue weighted by atomic mass is 19.1. The van der Waals surface area contributed by atoms with E-state index in [1.54, 1.807) is 0 Å². The molecule has 1 fully saturated rings. The number of hydrogen-bond donors (Lipinski definition) is 2. The maximum Gasteiger partial charge on any atom is 0.325 e. The first kappa shape index (κ1) is 14.4. The van der Waals surface area contributed by atoms with Gasteiger partial charge >= 0.3 is 5.97 Å². The van der Waals surface area contributed by atoms with Crippen LogP contribution in [0.2, 0.25) is 0 Å². The summed E-state index contributed by atoms with van der Waals surface area (Å²) >= 11 is 0. The number of carboxylic acid groups (broad SMARTS) is 1. The Morgan fingerprint density at radius 3 is 2.25 bits per heavy atom. The molecular formula is C14H15F2NO3. The summed E-state index contributed by atoms with van der Waals surface area (Å²) in [4.78, 5) is 23.0. The summed E-state index contributed by atoms with van der Waals surface area (Å²) in [6, 6.07) is 2.34. The standard InChI is InChI=1S/C14H15F2NO3/c1-8(12(18)19)17-13(20)14(6-3-7-14)11-9(15)4-2-5-10(11)16/h2,4-5,8H,3,6-7H2,1H3,(H,17,20)(H,18,19). The maximum atomic E-state index is 13.9. The van der Waals surface area contributed by atoms with Gasteiger partial charge in [-0.2, -0.15) is 0 Å². The summed E-state index contributed by atoms with van der Waals surface area (Å²) < 4.78 is 27.8. The molecule has 0 bridgehead atoms. The SMILES string of the molecule is CC(NC(=O)C1(c2c(F)cccc2F)CCC1)C(=O)O. The molecule has 1 unspecified atom stereocenters. The normalized spacial score (nSPS) is 17.9. The number of nitrogens with one attached hydrogen (secondary N) is 1. The van der Waals surface area contributed by atoms with Gasteiger partial charge in [0.25, 0.3) is 0 Å². The van der Waals surface area contributed by atoms with Gasteiger partial charge in [0.05, 0.1) is 5.41 Å². The highest BCUT2D eigenvalue weighted by molar-refractivity contribution is 5.92. The average Bonchev–Trinajstić information content (AvgIpc) is 2.31. The third kappa shape index (κ3) is 2.26. The van der Waals surface area contributed by atoms with Gasteiger partial charge in [0.1, 0.15) is 17.7 Å². The van der Waals surface area contributed by atoms with Crippen LogP contribution in [-0.4, -0.2) is 23.0 Å². The summed E-state index contributed by atoms with van der Waals surface area (Å²) in [6.45, 7) is 1.31. The third-order valence-electron chi connectivity index (χ3n) is 3.80. The largest absolute Gasteiger partial charge is 0.480 e. The molecule has 20 heavy (non-hydrogen) atoms. The van der Waals surface area contributed by atoms with Crippen LogP contribution < -0.4 is 5.32 Å². The van der Waals surface area contributed by atoms with Crippen LogP contribution in [0.1, 0.15) is 31.7 Å². The molecule has 1 aromatic rings. The predicted octanol–water partition coefficient (Wildman–Crippen LogP) is 1.98. The van der Waals surface area contributed by atoms with Crippen LogP contribution in [0.15, 0.2) is 18.2 Å². The van der Waals surface area contributed by atoms with Crippen LogP contribution in [0.4, 0.5) is 8.78 Å². The van der Waals surface area contributed by atoms with Gasteiger partial charge in [-0.1, -0.05) is 12.5 Å². The van der Waals surface area contributed by atoms with Crippen LogP contribution in [0, 0.1) is 11.6 Å². The number of amides is 1. The van der Waals surface area contributed by atoms with Gasteiger partial charge in [-0.05, 0) is 31.9 Å². The molecule has 1 aliphatic rings. The zero-order valence-electron chi connectivity index (χ0n) is 11.0. The smallest absolute Gasteiger partial charge is 0.325 e. The second kappa shape index (κ2) is 5.19. The van der Waals surface area contributed by atoms with Crippen LogP contribution in [0.25, 0.3) is 0 Å². The van der Waals surface area contributed by atoms with E-state index in [1.807, 2.05) is 0 Å². The Bertz CT molecular complexity index is 535.